The van der Waals surface area contributed by atoms with Gasteiger partial charge in [-0.05, 0) is 36.2 Å². The standard InChI is InChI=1S/C26H23FN4O2/c1-30(2)22-11-10-17-15-31(13-12-19(17)24(22)32)26(33)23-20-8-3-4-9-21(20)28-25(29-23)16-6-5-7-18(27)14-16/h3-11,14,32H,12-13,15H2,1-2H3. The fourth-order valence-electron chi connectivity index (χ4n) is 4.30. The van der Waals surface area contributed by atoms with Crippen molar-refractivity contribution in [3.8, 4) is 17.1 Å². The van der Waals surface area contributed by atoms with Crippen LogP contribution in [0, 0.1) is 5.82 Å². The topological polar surface area (TPSA) is 69.6 Å². The molecule has 0 fully saturated rings. The van der Waals surface area contributed by atoms with Crippen LogP contribution in [0.15, 0.2) is 60.7 Å². The van der Waals surface area contributed by atoms with Crippen molar-refractivity contribution in [2.75, 3.05) is 25.5 Å². The van der Waals surface area contributed by atoms with Crippen LogP contribution in [0.5, 0.6) is 5.75 Å². The maximum absolute atomic E-state index is 13.8. The summed E-state index contributed by atoms with van der Waals surface area (Å²) in [6, 6.07) is 17.2. The third kappa shape index (κ3) is 3.75. The molecule has 7 heteroatoms. The number of aromatic nitrogens is 2. The number of hydrogen-bond donors (Lipinski definition) is 1. The molecule has 3 aromatic carbocycles. The SMILES string of the molecule is CN(C)c1ccc2c(c1O)CCN(C(=O)c1nc(-c3cccc(F)c3)nc3ccccc13)C2. The number of carbonyl (C=O) groups is 1. The number of rotatable bonds is 3. The van der Waals surface area contributed by atoms with Crippen LogP contribution < -0.4 is 4.90 Å². The Morgan fingerprint density at radius 3 is 2.67 bits per heavy atom. The lowest BCUT2D eigenvalue weighted by Crippen LogP contribution is -2.36. The Morgan fingerprint density at radius 2 is 1.88 bits per heavy atom. The molecule has 166 valence electrons. The van der Waals surface area contributed by atoms with Crippen molar-refractivity contribution >= 4 is 22.5 Å². The van der Waals surface area contributed by atoms with Gasteiger partial charge in [0.25, 0.3) is 5.91 Å². The molecule has 4 aromatic rings. The molecule has 0 saturated carbocycles. The number of hydrogen-bond acceptors (Lipinski definition) is 5. The Balaban J connectivity index is 1.54. The lowest BCUT2D eigenvalue weighted by molar-refractivity contribution is 0.0730. The van der Waals surface area contributed by atoms with Crippen molar-refractivity contribution in [3.05, 3.63) is 83.3 Å². The van der Waals surface area contributed by atoms with Gasteiger partial charge in [-0.15, -0.1) is 0 Å². The summed E-state index contributed by atoms with van der Waals surface area (Å²) >= 11 is 0. The Bertz CT molecular complexity index is 1390. The molecule has 0 spiro atoms. The number of phenols is 1. The minimum absolute atomic E-state index is 0.215. The summed E-state index contributed by atoms with van der Waals surface area (Å²) in [6.45, 7) is 0.840. The van der Waals surface area contributed by atoms with E-state index in [2.05, 4.69) is 9.97 Å². The molecule has 0 unspecified atom stereocenters. The van der Waals surface area contributed by atoms with E-state index in [1.807, 2.05) is 55.4 Å². The Morgan fingerprint density at radius 1 is 1.06 bits per heavy atom. The summed E-state index contributed by atoms with van der Waals surface area (Å²) in [6.07, 6.45) is 0.550. The van der Waals surface area contributed by atoms with Gasteiger partial charge in [0.2, 0.25) is 0 Å². The van der Waals surface area contributed by atoms with Crippen molar-refractivity contribution in [1.82, 2.24) is 14.9 Å². The molecule has 0 radical (unpaired) electrons. The second-order valence-corrected chi connectivity index (χ2v) is 8.37. The smallest absolute Gasteiger partial charge is 0.273 e. The molecular formula is C26H23FN4O2. The normalized spacial score (nSPS) is 13.1. The monoisotopic (exact) mass is 442 g/mol. The highest BCUT2D eigenvalue weighted by Gasteiger charge is 2.27. The van der Waals surface area contributed by atoms with Gasteiger partial charge < -0.3 is 14.9 Å². The molecule has 0 saturated heterocycles. The first kappa shape index (κ1) is 20.9. The molecule has 0 atom stereocenters. The molecule has 6 nitrogen and oxygen atoms in total. The van der Waals surface area contributed by atoms with E-state index in [9.17, 15) is 14.3 Å². The second kappa shape index (κ2) is 8.16. The van der Waals surface area contributed by atoms with Crippen molar-refractivity contribution in [2.24, 2.45) is 0 Å². The zero-order valence-electron chi connectivity index (χ0n) is 18.4. The van der Waals surface area contributed by atoms with Gasteiger partial charge in [-0.1, -0.05) is 36.4 Å². The summed E-state index contributed by atoms with van der Waals surface area (Å²) in [5.74, 6) is -0.0255. The molecule has 1 amide bonds. The molecule has 5 rings (SSSR count). The van der Waals surface area contributed by atoms with Crippen LogP contribution in [0.3, 0.4) is 0 Å². The highest BCUT2D eigenvalue weighted by Crippen LogP contribution is 2.36. The quantitative estimate of drug-likeness (QED) is 0.509. The van der Waals surface area contributed by atoms with Crippen LogP contribution in [-0.4, -0.2) is 46.5 Å². The van der Waals surface area contributed by atoms with Crippen LogP contribution >= 0.6 is 0 Å². The van der Waals surface area contributed by atoms with Crippen molar-refractivity contribution < 1.29 is 14.3 Å². The number of benzene rings is 3. The van der Waals surface area contributed by atoms with Crippen LogP contribution in [-0.2, 0) is 13.0 Å². The van der Waals surface area contributed by atoms with Gasteiger partial charge >= 0.3 is 0 Å². The van der Waals surface area contributed by atoms with Gasteiger partial charge in [0.15, 0.2) is 5.82 Å². The van der Waals surface area contributed by atoms with Crippen molar-refractivity contribution in [2.45, 2.75) is 13.0 Å². The maximum atomic E-state index is 13.8. The van der Waals surface area contributed by atoms with E-state index in [-0.39, 0.29) is 23.2 Å². The van der Waals surface area contributed by atoms with E-state index < -0.39 is 0 Å². The molecule has 1 aliphatic heterocycles. The number of fused-ring (bicyclic) bond motifs is 2. The predicted octanol–water partition coefficient (Wildman–Crippen LogP) is 4.41. The van der Waals surface area contributed by atoms with Crippen molar-refractivity contribution in [1.29, 1.82) is 0 Å². The molecular weight excluding hydrogens is 419 g/mol. The highest BCUT2D eigenvalue weighted by molar-refractivity contribution is 6.05. The summed E-state index contributed by atoms with van der Waals surface area (Å²) < 4.78 is 13.8. The minimum Gasteiger partial charge on any atom is -0.505 e. The van der Waals surface area contributed by atoms with Gasteiger partial charge in [-0.25, -0.2) is 14.4 Å². The number of para-hydroxylation sites is 1. The Hall–Kier alpha value is -4.00. The van der Waals surface area contributed by atoms with E-state index in [0.717, 1.165) is 16.8 Å². The number of carbonyl (C=O) groups excluding carboxylic acids is 1. The number of phenolic OH excluding ortho intramolecular Hbond substituents is 1. The highest BCUT2D eigenvalue weighted by atomic mass is 19.1. The molecule has 0 aliphatic carbocycles. The van der Waals surface area contributed by atoms with Crippen LogP contribution in [0.2, 0.25) is 0 Å². The molecule has 33 heavy (non-hydrogen) atoms. The van der Waals surface area contributed by atoms with Crippen molar-refractivity contribution in [3.63, 3.8) is 0 Å². The number of amides is 1. The number of nitrogens with zero attached hydrogens (tertiary/aromatic N) is 4. The average Bonchev–Trinajstić information content (AvgIpc) is 2.82. The summed E-state index contributed by atoms with van der Waals surface area (Å²) in [4.78, 5) is 26.4. The molecule has 1 aliphatic rings. The van der Waals surface area contributed by atoms with Gasteiger partial charge in [0.1, 0.15) is 17.3 Å². The molecule has 0 bridgehead atoms. The van der Waals surface area contributed by atoms with Gasteiger partial charge in [0.05, 0.1) is 11.2 Å². The predicted molar refractivity (Wildman–Crippen MR) is 126 cm³/mol. The fraction of sp³-hybridized carbons (Fsp3) is 0.192. The van der Waals surface area contributed by atoms with E-state index in [4.69, 9.17) is 0 Å². The number of halogens is 1. The number of anilines is 1. The molecule has 1 aromatic heterocycles. The first-order valence-electron chi connectivity index (χ1n) is 10.8. The van der Waals surface area contributed by atoms with E-state index in [1.54, 1.807) is 17.0 Å². The van der Waals surface area contributed by atoms with E-state index in [1.165, 1.54) is 12.1 Å². The zero-order chi connectivity index (χ0) is 23.1. The van der Waals surface area contributed by atoms with E-state index in [0.29, 0.717) is 41.8 Å². The maximum Gasteiger partial charge on any atom is 0.273 e. The van der Waals surface area contributed by atoms with Crippen LogP contribution in [0.25, 0.3) is 22.3 Å². The first-order chi connectivity index (χ1) is 15.9. The molecule has 2 heterocycles. The van der Waals surface area contributed by atoms with E-state index >= 15 is 0 Å². The summed E-state index contributed by atoms with van der Waals surface area (Å²) in [5, 5.41) is 11.3. The first-order valence-corrected chi connectivity index (χ1v) is 10.8. The number of aromatic hydroxyl groups is 1. The lowest BCUT2D eigenvalue weighted by Gasteiger charge is -2.30. The third-order valence-electron chi connectivity index (χ3n) is 6.01. The van der Waals surface area contributed by atoms with Crippen LogP contribution in [0.4, 0.5) is 10.1 Å². The fourth-order valence-corrected chi connectivity index (χ4v) is 4.30. The minimum atomic E-state index is -0.387. The van der Waals surface area contributed by atoms with Gasteiger partial charge in [-0.3, -0.25) is 4.79 Å². The summed E-state index contributed by atoms with van der Waals surface area (Å²) in [5.41, 5.74) is 3.98. The average molecular weight is 442 g/mol. The molecule has 1 N–H and O–H groups in total. The Labute approximate surface area is 190 Å². The zero-order valence-corrected chi connectivity index (χ0v) is 18.4. The second-order valence-electron chi connectivity index (χ2n) is 8.37. The third-order valence-corrected chi connectivity index (χ3v) is 6.01. The lowest BCUT2D eigenvalue weighted by atomic mass is 9.97. The largest absolute Gasteiger partial charge is 0.505 e. The van der Waals surface area contributed by atoms with Gasteiger partial charge in [-0.2, -0.15) is 0 Å². The van der Waals surface area contributed by atoms with Gasteiger partial charge in [0, 0.05) is 43.7 Å². The summed E-state index contributed by atoms with van der Waals surface area (Å²) in [7, 11) is 3.77. The van der Waals surface area contributed by atoms with Crippen LogP contribution in [0.1, 0.15) is 21.6 Å². The Kier molecular flexibility index (Phi) is 5.17.